The van der Waals surface area contributed by atoms with E-state index >= 15 is 0 Å². The van der Waals surface area contributed by atoms with Crippen molar-refractivity contribution in [3.8, 4) is 0 Å². The Kier molecular flexibility index (Phi) is 2.22. The average Bonchev–Trinajstić information content (AvgIpc) is 2.34. The summed E-state index contributed by atoms with van der Waals surface area (Å²) in [6.45, 7) is 0. The summed E-state index contributed by atoms with van der Waals surface area (Å²) in [5.74, 6) is 0. The SMILES string of the molecule is CN(C)C=CC1N=NNN1. The zero-order chi connectivity index (χ0) is 7.40. The Morgan fingerprint density at radius 3 is 2.80 bits per heavy atom. The molecule has 0 aromatic heterocycles. The van der Waals surface area contributed by atoms with E-state index in [-0.39, 0.29) is 6.17 Å². The second-order valence-electron chi connectivity index (χ2n) is 2.22. The first-order valence-corrected chi connectivity index (χ1v) is 3.04. The molecule has 1 unspecified atom stereocenters. The summed E-state index contributed by atoms with van der Waals surface area (Å²) >= 11 is 0. The van der Waals surface area contributed by atoms with Crippen molar-refractivity contribution in [2.24, 2.45) is 10.3 Å². The lowest BCUT2D eigenvalue weighted by Gasteiger charge is -2.04. The van der Waals surface area contributed by atoms with Crippen molar-refractivity contribution in [3.05, 3.63) is 12.3 Å². The molecule has 0 radical (unpaired) electrons. The number of nitrogens with zero attached hydrogens (tertiary/aromatic N) is 3. The summed E-state index contributed by atoms with van der Waals surface area (Å²) in [6, 6.07) is 0. The molecule has 56 valence electrons. The van der Waals surface area contributed by atoms with Gasteiger partial charge in [-0.1, -0.05) is 5.22 Å². The molecule has 0 saturated heterocycles. The van der Waals surface area contributed by atoms with E-state index < -0.39 is 0 Å². The Morgan fingerprint density at radius 2 is 2.30 bits per heavy atom. The molecule has 5 nitrogen and oxygen atoms in total. The van der Waals surface area contributed by atoms with E-state index in [1.807, 2.05) is 31.3 Å². The molecule has 0 saturated carbocycles. The molecule has 1 atom stereocenters. The molecular formula is C5H11N5. The van der Waals surface area contributed by atoms with Crippen LogP contribution in [0.5, 0.6) is 0 Å². The lowest BCUT2D eigenvalue weighted by atomic mass is 10.5. The van der Waals surface area contributed by atoms with Crippen LogP contribution in [-0.2, 0) is 0 Å². The van der Waals surface area contributed by atoms with Crippen LogP contribution in [0.2, 0.25) is 0 Å². The van der Waals surface area contributed by atoms with E-state index in [9.17, 15) is 0 Å². The maximum absolute atomic E-state index is 3.80. The van der Waals surface area contributed by atoms with Gasteiger partial charge < -0.3 is 4.90 Å². The molecule has 0 fully saturated rings. The van der Waals surface area contributed by atoms with E-state index in [0.717, 1.165) is 0 Å². The lowest BCUT2D eigenvalue weighted by molar-refractivity contribution is 0.545. The van der Waals surface area contributed by atoms with E-state index in [4.69, 9.17) is 0 Å². The van der Waals surface area contributed by atoms with E-state index in [2.05, 4.69) is 21.3 Å². The van der Waals surface area contributed by atoms with Crippen molar-refractivity contribution in [1.29, 1.82) is 0 Å². The number of rotatable bonds is 2. The Morgan fingerprint density at radius 1 is 1.50 bits per heavy atom. The molecule has 0 aliphatic carbocycles. The van der Waals surface area contributed by atoms with Gasteiger partial charge in [0.25, 0.3) is 0 Å². The van der Waals surface area contributed by atoms with Crippen molar-refractivity contribution < 1.29 is 0 Å². The van der Waals surface area contributed by atoms with Gasteiger partial charge in [0.15, 0.2) is 6.17 Å². The minimum absolute atomic E-state index is 0.0256. The van der Waals surface area contributed by atoms with Crippen LogP contribution in [0, 0.1) is 0 Å². The third-order valence-corrected chi connectivity index (χ3v) is 1.01. The van der Waals surface area contributed by atoms with Gasteiger partial charge in [0.1, 0.15) is 0 Å². The van der Waals surface area contributed by atoms with Crippen LogP contribution in [0.15, 0.2) is 22.6 Å². The molecule has 0 bridgehead atoms. The van der Waals surface area contributed by atoms with Crippen molar-refractivity contribution in [3.63, 3.8) is 0 Å². The van der Waals surface area contributed by atoms with Crippen LogP contribution in [0.1, 0.15) is 0 Å². The molecule has 1 aliphatic heterocycles. The van der Waals surface area contributed by atoms with Crippen LogP contribution in [0.3, 0.4) is 0 Å². The molecule has 0 aromatic carbocycles. The molecule has 5 heteroatoms. The Hall–Kier alpha value is -1.10. The van der Waals surface area contributed by atoms with Gasteiger partial charge >= 0.3 is 0 Å². The smallest absolute Gasteiger partial charge is 0.161 e. The summed E-state index contributed by atoms with van der Waals surface area (Å²) in [4.78, 5) is 1.94. The highest BCUT2D eigenvalue weighted by Gasteiger charge is 2.04. The fraction of sp³-hybridized carbons (Fsp3) is 0.600. The molecule has 1 aliphatic rings. The molecule has 0 spiro atoms. The number of hydrogen-bond acceptors (Lipinski definition) is 5. The monoisotopic (exact) mass is 141 g/mol. The van der Waals surface area contributed by atoms with Crippen LogP contribution in [0.4, 0.5) is 0 Å². The number of hydrogen-bond donors (Lipinski definition) is 2. The largest absolute Gasteiger partial charge is 0.384 e. The van der Waals surface area contributed by atoms with Gasteiger partial charge in [0, 0.05) is 14.1 Å². The zero-order valence-electron chi connectivity index (χ0n) is 6.07. The lowest BCUT2D eigenvalue weighted by Crippen LogP contribution is -2.28. The molecule has 0 aromatic rings. The summed E-state index contributed by atoms with van der Waals surface area (Å²) in [7, 11) is 3.91. The maximum Gasteiger partial charge on any atom is 0.161 e. The van der Waals surface area contributed by atoms with Gasteiger partial charge in [0.2, 0.25) is 0 Å². The van der Waals surface area contributed by atoms with Crippen LogP contribution >= 0.6 is 0 Å². The third kappa shape index (κ3) is 2.02. The van der Waals surface area contributed by atoms with Crippen molar-refractivity contribution in [2.45, 2.75) is 6.17 Å². The summed E-state index contributed by atoms with van der Waals surface area (Å²) < 4.78 is 0. The molecule has 1 rings (SSSR count). The zero-order valence-corrected chi connectivity index (χ0v) is 6.07. The normalized spacial score (nSPS) is 23.6. The molecule has 1 heterocycles. The van der Waals surface area contributed by atoms with Crippen molar-refractivity contribution in [2.75, 3.05) is 14.1 Å². The molecular weight excluding hydrogens is 130 g/mol. The van der Waals surface area contributed by atoms with Gasteiger partial charge in [-0.05, 0) is 12.3 Å². The fourth-order valence-electron chi connectivity index (χ4n) is 0.555. The summed E-state index contributed by atoms with van der Waals surface area (Å²) in [5.41, 5.74) is 5.35. The second-order valence-corrected chi connectivity index (χ2v) is 2.22. The van der Waals surface area contributed by atoms with E-state index in [1.54, 1.807) is 0 Å². The molecule has 0 amide bonds. The number of hydrazine groups is 1. The topological polar surface area (TPSA) is 52.0 Å². The van der Waals surface area contributed by atoms with Crippen LogP contribution < -0.4 is 11.0 Å². The summed E-state index contributed by atoms with van der Waals surface area (Å²) in [5, 5.41) is 7.33. The van der Waals surface area contributed by atoms with E-state index in [0.29, 0.717) is 0 Å². The Bertz CT molecular complexity index is 150. The quantitative estimate of drug-likeness (QED) is 0.563. The first kappa shape index (κ1) is 7.01. The standard InChI is InChI=1S/C5H11N5/c1-10(2)4-3-5-6-8-9-7-5/h3-5H,1-2H3,(H,6,9)(H,7,8). The third-order valence-electron chi connectivity index (χ3n) is 1.01. The highest BCUT2D eigenvalue weighted by atomic mass is 15.7. The number of nitrogens with one attached hydrogen (secondary N) is 2. The minimum Gasteiger partial charge on any atom is -0.384 e. The average molecular weight is 141 g/mol. The van der Waals surface area contributed by atoms with Crippen molar-refractivity contribution in [1.82, 2.24) is 15.9 Å². The maximum atomic E-state index is 3.80. The molecule has 10 heavy (non-hydrogen) atoms. The minimum atomic E-state index is -0.0256. The van der Waals surface area contributed by atoms with Gasteiger partial charge in [-0.2, -0.15) is 5.43 Å². The summed E-state index contributed by atoms with van der Waals surface area (Å²) in [6.07, 6.45) is 3.80. The fourth-order valence-corrected chi connectivity index (χ4v) is 0.555. The first-order valence-electron chi connectivity index (χ1n) is 3.04. The van der Waals surface area contributed by atoms with Gasteiger partial charge in [-0.3, -0.25) is 0 Å². The van der Waals surface area contributed by atoms with Gasteiger partial charge in [0.05, 0.1) is 0 Å². The predicted octanol–water partition coefficient (Wildman–Crippen LogP) is -0.137. The van der Waals surface area contributed by atoms with Crippen LogP contribution in [-0.4, -0.2) is 25.2 Å². The Balaban J connectivity index is 2.30. The highest BCUT2D eigenvalue weighted by molar-refractivity contribution is 4.89. The Labute approximate surface area is 59.8 Å². The highest BCUT2D eigenvalue weighted by Crippen LogP contribution is 1.93. The van der Waals surface area contributed by atoms with Gasteiger partial charge in [-0.15, -0.1) is 5.11 Å². The van der Waals surface area contributed by atoms with Crippen LogP contribution in [0.25, 0.3) is 0 Å². The second kappa shape index (κ2) is 3.17. The predicted molar refractivity (Wildman–Crippen MR) is 37.7 cm³/mol. The van der Waals surface area contributed by atoms with Gasteiger partial charge in [-0.25, -0.2) is 5.53 Å². The van der Waals surface area contributed by atoms with E-state index in [1.165, 1.54) is 0 Å². The molecule has 2 N–H and O–H groups in total. The first-order chi connectivity index (χ1) is 4.79. The van der Waals surface area contributed by atoms with Crippen molar-refractivity contribution >= 4 is 0 Å².